The van der Waals surface area contributed by atoms with Crippen molar-refractivity contribution in [2.75, 3.05) is 26.4 Å². The Hall–Kier alpha value is -1.30. The van der Waals surface area contributed by atoms with Gasteiger partial charge in [0.1, 0.15) is 12.6 Å². The molecule has 2 saturated heterocycles. The van der Waals surface area contributed by atoms with E-state index in [1.807, 2.05) is 13.8 Å². The smallest absolute Gasteiger partial charge is 0.410 e. The van der Waals surface area contributed by atoms with E-state index in [0.717, 1.165) is 12.8 Å². The number of rotatable bonds is 4. The molecule has 0 unspecified atom stereocenters. The van der Waals surface area contributed by atoms with Crippen LogP contribution in [-0.2, 0) is 14.3 Å². The van der Waals surface area contributed by atoms with Gasteiger partial charge in [0.15, 0.2) is 0 Å². The standard InChI is InChI=1S/C13H22N2O4/c1-9(2)7-15-11(8-19-13(15)17)12(16)14-10-3-5-18-6-4-10/h9-11H,3-8H2,1-2H3,(H,14,16)/t11-/m0/s1. The first-order valence-corrected chi connectivity index (χ1v) is 6.89. The van der Waals surface area contributed by atoms with E-state index >= 15 is 0 Å². The monoisotopic (exact) mass is 270 g/mol. The van der Waals surface area contributed by atoms with Crippen LogP contribution in [0.15, 0.2) is 0 Å². The fourth-order valence-corrected chi connectivity index (χ4v) is 2.40. The molecule has 6 heteroatoms. The lowest BCUT2D eigenvalue weighted by molar-refractivity contribution is -0.126. The molecule has 0 spiro atoms. The number of ether oxygens (including phenoxy) is 2. The minimum atomic E-state index is -0.488. The highest BCUT2D eigenvalue weighted by molar-refractivity contribution is 5.88. The van der Waals surface area contributed by atoms with Gasteiger partial charge in [0.2, 0.25) is 5.91 Å². The van der Waals surface area contributed by atoms with Gasteiger partial charge in [-0.1, -0.05) is 13.8 Å². The molecule has 0 aromatic rings. The number of amides is 2. The topological polar surface area (TPSA) is 67.9 Å². The molecule has 108 valence electrons. The zero-order valence-electron chi connectivity index (χ0n) is 11.6. The van der Waals surface area contributed by atoms with Gasteiger partial charge in [-0.3, -0.25) is 9.69 Å². The van der Waals surface area contributed by atoms with Crippen molar-refractivity contribution in [3.05, 3.63) is 0 Å². The Morgan fingerprint density at radius 3 is 2.74 bits per heavy atom. The fourth-order valence-electron chi connectivity index (χ4n) is 2.40. The van der Waals surface area contributed by atoms with Crippen LogP contribution in [0.1, 0.15) is 26.7 Å². The summed E-state index contributed by atoms with van der Waals surface area (Å²) in [6.45, 7) is 6.09. The largest absolute Gasteiger partial charge is 0.447 e. The van der Waals surface area contributed by atoms with Crippen LogP contribution in [0.25, 0.3) is 0 Å². The minimum absolute atomic E-state index is 0.113. The highest BCUT2D eigenvalue weighted by Crippen LogP contribution is 2.16. The zero-order chi connectivity index (χ0) is 13.8. The first-order valence-electron chi connectivity index (χ1n) is 6.89. The third-order valence-electron chi connectivity index (χ3n) is 3.41. The second-order valence-electron chi connectivity index (χ2n) is 5.53. The molecule has 2 rings (SSSR count). The van der Waals surface area contributed by atoms with E-state index in [4.69, 9.17) is 9.47 Å². The van der Waals surface area contributed by atoms with Gasteiger partial charge in [-0.25, -0.2) is 4.79 Å². The maximum absolute atomic E-state index is 12.2. The van der Waals surface area contributed by atoms with Gasteiger partial charge in [-0.05, 0) is 18.8 Å². The molecule has 19 heavy (non-hydrogen) atoms. The summed E-state index contributed by atoms with van der Waals surface area (Å²) in [6.07, 6.45) is 1.27. The highest BCUT2D eigenvalue weighted by atomic mass is 16.6. The van der Waals surface area contributed by atoms with Crippen LogP contribution < -0.4 is 5.32 Å². The van der Waals surface area contributed by atoms with Crippen molar-refractivity contribution in [1.82, 2.24) is 10.2 Å². The number of carbonyl (C=O) groups is 2. The quantitative estimate of drug-likeness (QED) is 0.819. The number of carbonyl (C=O) groups excluding carboxylic acids is 2. The SMILES string of the molecule is CC(C)CN1C(=O)OC[C@H]1C(=O)NC1CCOCC1. The molecule has 2 aliphatic rings. The highest BCUT2D eigenvalue weighted by Gasteiger charge is 2.38. The third-order valence-corrected chi connectivity index (χ3v) is 3.41. The maximum Gasteiger partial charge on any atom is 0.410 e. The number of hydrogen-bond donors (Lipinski definition) is 1. The number of nitrogens with one attached hydrogen (secondary N) is 1. The van der Waals surface area contributed by atoms with Crippen molar-refractivity contribution in [3.8, 4) is 0 Å². The lowest BCUT2D eigenvalue weighted by atomic mass is 10.1. The molecule has 2 fully saturated rings. The van der Waals surface area contributed by atoms with E-state index in [1.54, 1.807) is 0 Å². The van der Waals surface area contributed by atoms with Gasteiger partial charge in [0.25, 0.3) is 0 Å². The molecular formula is C13H22N2O4. The molecule has 2 heterocycles. The molecule has 2 aliphatic heterocycles. The Kier molecular flexibility index (Phi) is 4.63. The fraction of sp³-hybridized carbons (Fsp3) is 0.846. The minimum Gasteiger partial charge on any atom is -0.447 e. The van der Waals surface area contributed by atoms with Gasteiger partial charge in [-0.15, -0.1) is 0 Å². The summed E-state index contributed by atoms with van der Waals surface area (Å²) >= 11 is 0. The van der Waals surface area contributed by atoms with Crippen LogP contribution >= 0.6 is 0 Å². The van der Waals surface area contributed by atoms with Crippen molar-refractivity contribution in [2.45, 2.75) is 38.8 Å². The predicted molar refractivity (Wildman–Crippen MR) is 68.7 cm³/mol. The van der Waals surface area contributed by atoms with Gasteiger partial charge in [0, 0.05) is 25.8 Å². The summed E-state index contributed by atoms with van der Waals surface area (Å²) in [5.41, 5.74) is 0. The van der Waals surface area contributed by atoms with Crippen LogP contribution in [0.4, 0.5) is 4.79 Å². The Morgan fingerprint density at radius 1 is 1.42 bits per heavy atom. The second-order valence-corrected chi connectivity index (χ2v) is 5.53. The Morgan fingerprint density at radius 2 is 2.11 bits per heavy atom. The van der Waals surface area contributed by atoms with Crippen LogP contribution in [-0.4, -0.2) is 55.3 Å². The Bertz CT molecular complexity index is 340. The van der Waals surface area contributed by atoms with Gasteiger partial charge in [0.05, 0.1) is 0 Å². The molecule has 0 radical (unpaired) electrons. The first kappa shape index (κ1) is 14.1. The van der Waals surface area contributed by atoms with Crippen LogP contribution in [0.5, 0.6) is 0 Å². The van der Waals surface area contributed by atoms with Gasteiger partial charge >= 0.3 is 6.09 Å². The van der Waals surface area contributed by atoms with Crippen LogP contribution in [0.2, 0.25) is 0 Å². The average Bonchev–Trinajstić information content (AvgIpc) is 2.72. The molecule has 0 aliphatic carbocycles. The van der Waals surface area contributed by atoms with Crippen molar-refractivity contribution in [1.29, 1.82) is 0 Å². The molecule has 2 amide bonds. The van der Waals surface area contributed by atoms with E-state index in [-0.39, 0.29) is 24.6 Å². The normalized spacial score (nSPS) is 24.7. The molecular weight excluding hydrogens is 248 g/mol. The summed E-state index contributed by atoms with van der Waals surface area (Å²) in [6, 6.07) is -0.337. The zero-order valence-corrected chi connectivity index (χ0v) is 11.6. The average molecular weight is 270 g/mol. The van der Waals surface area contributed by atoms with Crippen molar-refractivity contribution in [3.63, 3.8) is 0 Å². The second kappa shape index (κ2) is 6.23. The van der Waals surface area contributed by atoms with E-state index in [0.29, 0.717) is 25.7 Å². The molecule has 6 nitrogen and oxygen atoms in total. The van der Waals surface area contributed by atoms with Crippen LogP contribution in [0, 0.1) is 5.92 Å². The van der Waals surface area contributed by atoms with Gasteiger partial charge < -0.3 is 14.8 Å². The van der Waals surface area contributed by atoms with Crippen molar-refractivity contribution in [2.24, 2.45) is 5.92 Å². The Labute approximate surface area is 113 Å². The van der Waals surface area contributed by atoms with Crippen molar-refractivity contribution < 1.29 is 19.1 Å². The lowest BCUT2D eigenvalue weighted by Crippen LogP contribution is -2.50. The van der Waals surface area contributed by atoms with E-state index < -0.39 is 6.04 Å². The molecule has 0 saturated carbocycles. The maximum atomic E-state index is 12.2. The molecule has 1 atom stereocenters. The summed E-state index contributed by atoms with van der Waals surface area (Å²) in [5, 5.41) is 2.99. The summed E-state index contributed by atoms with van der Waals surface area (Å²) < 4.78 is 10.2. The van der Waals surface area contributed by atoms with E-state index in [9.17, 15) is 9.59 Å². The molecule has 0 bridgehead atoms. The number of cyclic esters (lactones) is 1. The molecule has 1 N–H and O–H groups in total. The van der Waals surface area contributed by atoms with E-state index in [1.165, 1.54) is 4.90 Å². The summed E-state index contributed by atoms with van der Waals surface area (Å²) in [7, 11) is 0. The van der Waals surface area contributed by atoms with Crippen molar-refractivity contribution >= 4 is 12.0 Å². The van der Waals surface area contributed by atoms with Crippen LogP contribution in [0.3, 0.4) is 0 Å². The Balaban J connectivity index is 1.91. The van der Waals surface area contributed by atoms with E-state index in [2.05, 4.69) is 5.32 Å². The lowest BCUT2D eigenvalue weighted by Gasteiger charge is -2.27. The molecule has 0 aromatic heterocycles. The predicted octanol–water partition coefficient (Wildman–Crippen LogP) is 0.758. The first-order chi connectivity index (χ1) is 9.08. The van der Waals surface area contributed by atoms with Gasteiger partial charge in [-0.2, -0.15) is 0 Å². The number of hydrogen-bond acceptors (Lipinski definition) is 4. The summed E-state index contributed by atoms with van der Waals surface area (Å²) in [5.74, 6) is 0.197. The number of nitrogens with zero attached hydrogens (tertiary/aromatic N) is 1. The third kappa shape index (κ3) is 3.59. The summed E-state index contributed by atoms with van der Waals surface area (Å²) in [4.78, 5) is 25.4. The molecule has 0 aromatic carbocycles.